The first-order valence-corrected chi connectivity index (χ1v) is 7.06. The van der Waals surface area contributed by atoms with Crippen molar-refractivity contribution in [3.8, 4) is 5.75 Å². The number of ether oxygens (including phenoxy) is 1. The molecule has 116 valence electrons. The summed E-state index contributed by atoms with van der Waals surface area (Å²) in [5.74, 6) is 0.150. The second-order valence-electron chi connectivity index (χ2n) is 5.19. The normalized spacial score (nSPS) is 16.0. The lowest BCUT2D eigenvalue weighted by molar-refractivity contribution is -0.131. The molecule has 21 heavy (non-hydrogen) atoms. The SMILES string of the molecule is CN(C(=O)Cc1ccc(OC(F)F)cc1)C1CCNCC1. The number of amides is 1. The molecule has 0 spiro atoms. The van der Waals surface area contributed by atoms with Crippen LogP contribution in [0.5, 0.6) is 5.75 Å². The Hall–Kier alpha value is -1.69. The third kappa shape index (κ3) is 4.67. The first-order valence-electron chi connectivity index (χ1n) is 7.06. The van der Waals surface area contributed by atoms with Gasteiger partial charge in [0, 0.05) is 13.1 Å². The smallest absolute Gasteiger partial charge is 0.387 e. The van der Waals surface area contributed by atoms with E-state index in [1.165, 1.54) is 12.1 Å². The molecule has 1 aliphatic rings. The van der Waals surface area contributed by atoms with Gasteiger partial charge in [-0.15, -0.1) is 0 Å². The molecule has 0 aliphatic carbocycles. The third-order valence-electron chi connectivity index (χ3n) is 3.75. The number of carbonyl (C=O) groups is 1. The zero-order valence-electron chi connectivity index (χ0n) is 12.0. The number of likely N-dealkylation sites (N-methyl/N-ethyl adjacent to an activating group) is 1. The van der Waals surface area contributed by atoms with E-state index in [4.69, 9.17) is 0 Å². The molecule has 0 bridgehead atoms. The van der Waals surface area contributed by atoms with Gasteiger partial charge in [-0.2, -0.15) is 8.78 Å². The average Bonchev–Trinajstić information content (AvgIpc) is 2.49. The highest BCUT2D eigenvalue weighted by Gasteiger charge is 2.21. The van der Waals surface area contributed by atoms with Crippen LogP contribution in [0.2, 0.25) is 0 Å². The average molecular weight is 298 g/mol. The van der Waals surface area contributed by atoms with Crippen LogP contribution in [-0.2, 0) is 11.2 Å². The van der Waals surface area contributed by atoms with Crippen LogP contribution in [0.25, 0.3) is 0 Å². The summed E-state index contributed by atoms with van der Waals surface area (Å²) in [4.78, 5) is 14.0. The molecule has 0 saturated carbocycles. The molecule has 0 atom stereocenters. The van der Waals surface area contributed by atoms with Gasteiger partial charge >= 0.3 is 6.61 Å². The summed E-state index contributed by atoms with van der Waals surface area (Å²) < 4.78 is 28.4. The lowest BCUT2D eigenvalue weighted by Crippen LogP contribution is -2.44. The molecule has 1 fully saturated rings. The number of hydrogen-bond donors (Lipinski definition) is 1. The Balaban J connectivity index is 1.89. The molecule has 4 nitrogen and oxygen atoms in total. The van der Waals surface area contributed by atoms with Gasteiger partial charge in [-0.3, -0.25) is 4.79 Å². The van der Waals surface area contributed by atoms with Crippen LogP contribution in [0.1, 0.15) is 18.4 Å². The number of nitrogens with one attached hydrogen (secondary N) is 1. The second-order valence-corrected chi connectivity index (χ2v) is 5.19. The van der Waals surface area contributed by atoms with Crippen LogP contribution in [-0.4, -0.2) is 43.6 Å². The number of rotatable bonds is 5. The molecular formula is C15H20F2N2O2. The Morgan fingerprint density at radius 3 is 2.52 bits per heavy atom. The fourth-order valence-corrected chi connectivity index (χ4v) is 2.49. The molecule has 0 aromatic heterocycles. The van der Waals surface area contributed by atoms with E-state index in [1.807, 2.05) is 7.05 Å². The lowest BCUT2D eigenvalue weighted by atomic mass is 10.0. The predicted molar refractivity (Wildman–Crippen MR) is 75.4 cm³/mol. The van der Waals surface area contributed by atoms with Gasteiger partial charge in [0.25, 0.3) is 0 Å². The topological polar surface area (TPSA) is 41.6 Å². The first kappa shape index (κ1) is 15.7. The Morgan fingerprint density at radius 1 is 1.33 bits per heavy atom. The molecule has 1 N–H and O–H groups in total. The molecule has 1 aromatic rings. The van der Waals surface area contributed by atoms with Crippen molar-refractivity contribution >= 4 is 5.91 Å². The van der Waals surface area contributed by atoms with Gasteiger partial charge in [0.05, 0.1) is 6.42 Å². The summed E-state index contributed by atoms with van der Waals surface area (Å²) in [7, 11) is 1.83. The van der Waals surface area contributed by atoms with E-state index in [9.17, 15) is 13.6 Å². The van der Waals surface area contributed by atoms with Crippen molar-refractivity contribution in [1.82, 2.24) is 10.2 Å². The van der Waals surface area contributed by atoms with Crippen LogP contribution in [0.3, 0.4) is 0 Å². The highest BCUT2D eigenvalue weighted by molar-refractivity contribution is 5.78. The van der Waals surface area contributed by atoms with Gasteiger partial charge in [-0.1, -0.05) is 12.1 Å². The predicted octanol–water partition coefficient (Wildman–Crippen LogP) is 2.04. The number of benzene rings is 1. The van der Waals surface area contributed by atoms with E-state index >= 15 is 0 Å². The first-order chi connectivity index (χ1) is 10.1. The summed E-state index contributed by atoms with van der Waals surface area (Å²) in [5, 5.41) is 3.27. The maximum absolute atomic E-state index is 12.2. The second kappa shape index (κ2) is 7.36. The maximum atomic E-state index is 12.2. The van der Waals surface area contributed by atoms with Crippen LogP contribution in [0.4, 0.5) is 8.78 Å². The summed E-state index contributed by atoms with van der Waals surface area (Å²) in [6.45, 7) is -0.965. The Bertz CT molecular complexity index is 459. The van der Waals surface area contributed by atoms with E-state index in [-0.39, 0.29) is 24.1 Å². The molecule has 1 heterocycles. The largest absolute Gasteiger partial charge is 0.435 e. The lowest BCUT2D eigenvalue weighted by Gasteiger charge is -2.31. The van der Waals surface area contributed by atoms with Crippen molar-refractivity contribution in [3.63, 3.8) is 0 Å². The third-order valence-corrected chi connectivity index (χ3v) is 3.75. The van der Waals surface area contributed by atoms with Gasteiger partial charge in [0.15, 0.2) is 0 Å². The number of hydrogen-bond acceptors (Lipinski definition) is 3. The number of piperidine rings is 1. The molecule has 1 saturated heterocycles. The van der Waals surface area contributed by atoms with Gasteiger partial charge in [-0.05, 0) is 43.6 Å². The van der Waals surface area contributed by atoms with Crippen molar-refractivity contribution < 1.29 is 18.3 Å². The molecular weight excluding hydrogens is 278 g/mol. The summed E-state index contributed by atoms with van der Waals surface area (Å²) in [6, 6.07) is 6.48. The molecule has 1 aliphatic heterocycles. The quantitative estimate of drug-likeness (QED) is 0.904. The standard InChI is InChI=1S/C15H20F2N2O2/c1-19(12-6-8-18-9-7-12)14(20)10-11-2-4-13(5-3-11)21-15(16)17/h2-5,12,15,18H,6-10H2,1H3. The molecule has 0 unspecified atom stereocenters. The number of nitrogens with zero attached hydrogens (tertiary/aromatic N) is 1. The van der Waals surface area contributed by atoms with E-state index in [0.29, 0.717) is 0 Å². The molecule has 2 rings (SSSR count). The zero-order chi connectivity index (χ0) is 15.2. The van der Waals surface area contributed by atoms with E-state index in [2.05, 4.69) is 10.1 Å². The van der Waals surface area contributed by atoms with Gasteiger partial charge in [-0.25, -0.2) is 0 Å². The number of carbonyl (C=O) groups excluding carboxylic acids is 1. The summed E-state index contributed by atoms with van der Waals surface area (Å²) >= 11 is 0. The minimum atomic E-state index is -2.83. The molecule has 6 heteroatoms. The molecule has 0 radical (unpaired) electrons. The highest BCUT2D eigenvalue weighted by Crippen LogP contribution is 2.17. The fraction of sp³-hybridized carbons (Fsp3) is 0.533. The Morgan fingerprint density at radius 2 is 1.95 bits per heavy atom. The summed E-state index contributed by atoms with van der Waals surface area (Å²) in [6.07, 6.45) is 2.20. The maximum Gasteiger partial charge on any atom is 0.387 e. The van der Waals surface area contributed by atoms with Crippen molar-refractivity contribution in [2.75, 3.05) is 20.1 Å². The van der Waals surface area contributed by atoms with Crippen molar-refractivity contribution in [3.05, 3.63) is 29.8 Å². The van der Waals surface area contributed by atoms with Crippen molar-refractivity contribution in [1.29, 1.82) is 0 Å². The van der Waals surface area contributed by atoms with Crippen molar-refractivity contribution in [2.24, 2.45) is 0 Å². The monoisotopic (exact) mass is 298 g/mol. The van der Waals surface area contributed by atoms with Crippen LogP contribution < -0.4 is 10.1 Å². The highest BCUT2D eigenvalue weighted by atomic mass is 19.3. The number of alkyl halides is 2. The Kier molecular flexibility index (Phi) is 5.50. The van der Waals surface area contributed by atoms with Gasteiger partial charge in [0.1, 0.15) is 5.75 Å². The van der Waals surface area contributed by atoms with Crippen LogP contribution in [0, 0.1) is 0 Å². The van der Waals surface area contributed by atoms with Gasteiger partial charge < -0.3 is 15.0 Å². The van der Waals surface area contributed by atoms with Gasteiger partial charge in [0.2, 0.25) is 5.91 Å². The minimum absolute atomic E-state index is 0.0458. The van der Waals surface area contributed by atoms with E-state index < -0.39 is 6.61 Å². The van der Waals surface area contributed by atoms with Crippen LogP contribution >= 0.6 is 0 Å². The molecule has 1 aromatic carbocycles. The zero-order valence-corrected chi connectivity index (χ0v) is 12.0. The van der Waals surface area contributed by atoms with E-state index in [1.54, 1.807) is 17.0 Å². The fourth-order valence-electron chi connectivity index (χ4n) is 2.49. The van der Waals surface area contributed by atoms with Crippen molar-refractivity contribution in [2.45, 2.75) is 31.9 Å². The summed E-state index contributed by atoms with van der Waals surface area (Å²) in [5.41, 5.74) is 0.794. The number of halogens is 2. The Labute approximate surface area is 123 Å². The molecule has 1 amide bonds. The van der Waals surface area contributed by atoms with Crippen LogP contribution in [0.15, 0.2) is 24.3 Å². The van der Waals surface area contributed by atoms with E-state index in [0.717, 1.165) is 31.5 Å². The minimum Gasteiger partial charge on any atom is -0.435 e.